The molecule has 0 aliphatic carbocycles. The molecule has 0 aliphatic rings. The molecule has 0 bridgehead atoms. The molecule has 2 aromatic carbocycles. The molecule has 0 aromatic heterocycles. The monoisotopic (exact) mass is 556 g/mol. The first-order valence-electron chi connectivity index (χ1n) is 10.7. The smallest absolute Gasteiger partial charge is 0.282 e. The van der Waals surface area contributed by atoms with Gasteiger partial charge in [-0.3, -0.25) is 0 Å². The van der Waals surface area contributed by atoms with Crippen LogP contribution >= 0.6 is 15.9 Å². The first kappa shape index (κ1) is 27.7. The van der Waals surface area contributed by atoms with Crippen molar-refractivity contribution in [1.82, 2.24) is 0 Å². The predicted molar refractivity (Wildman–Crippen MR) is 121 cm³/mol. The van der Waals surface area contributed by atoms with Crippen LogP contribution in [0.25, 0.3) is 0 Å². The highest BCUT2D eigenvalue weighted by atomic mass is 79.9. The third-order valence-electron chi connectivity index (χ3n) is 6.18. The van der Waals surface area contributed by atoms with E-state index in [-0.39, 0.29) is 5.56 Å². The summed E-state index contributed by atoms with van der Waals surface area (Å²) in [6.45, 7) is 6.16. The second-order valence-corrected chi connectivity index (χ2v) is 13.5. The van der Waals surface area contributed by atoms with E-state index < -0.39 is 66.4 Å². The van der Waals surface area contributed by atoms with Crippen molar-refractivity contribution in [3.8, 4) is 5.75 Å². The molecule has 0 saturated carbocycles. The lowest BCUT2D eigenvalue weighted by atomic mass is 9.87. The van der Waals surface area contributed by atoms with Crippen LogP contribution in [-0.2, 0) is 10.0 Å². The van der Waals surface area contributed by atoms with E-state index in [1.807, 2.05) is 20.8 Å². The van der Waals surface area contributed by atoms with E-state index in [0.717, 1.165) is 12.1 Å². The zero-order chi connectivity index (χ0) is 25.0. The molecule has 1 unspecified atom stereocenters. The number of hydrogen-bond acceptors (Lipinski definition) is 2. The Hall–Kier alpha value is -1.52. The zero-order valence-electron chi connectivity index (χ0n) is 18.9. The summed E-state index contributed by atoms with van der Waals surface area (Å²) in [6, 6.07) is 6.86. The van der Waals surface area contributed by atoms with E-state index in [4.69, 9.17) is 9.16 Å². The highest BCUT2D eigenvalue weighted by molar-refractivity contribution is 9.10. The fourth-order valence-corrected chi connectivity index (χ4v) is 7.07. The molecular formula is C23H27BrF6O2Si. The molecule has 0 amide bonds. The lowest BCUT2D eigenvalue weighted by Crippen LogP contribution is -2.53. The van der Waals surface area contributed by atoms with Gasteiger partial charge in [-0.25, -0.2) is 26.3 Å². The van der Waals surface area contributed by atoms with Gasteiger partial charge in [0.2, 0.25) is 0 Å². The predicted octanol–water partition coefficient (Wildman–Crippen LogP) is 8.35. The molecule has 0 spiro atoms. The topological polar surface area (TPSA) is 18.5 Å². The summed E-state index contributed by atoms with van der Waals surface area (Å²) >= 11 is 2.63. The largest absolute Gasteiger partial charge is 0.487 e. The van der Waals surface area contributed by atoms with E-state index in [1.54, 1.807) is 0 Å². The molecule has 2 aromatic rings. The summed E-state index contributed by atoms with van der Waals surface area (Å²) in [5, 5.41) is 0. The minimum Gasteiger partial charge on any atom is -0.487 e. The third kappa shape index (κ3) is 5.76. The Morgan fingerprint density at radius 1 is 0.909 bits per heavy atom. The summed E-state index contributed by atoms with van der Waals surface area (Å²) < 4.78 is 97.0. The Bertz CT molecular complexity index is 945. The van der Waals surface area contributed by atoms with Gasteiger partial charge in [-0.2, -0.15) is 0 Å². The molecular weight excluding hydrogens is 530 g/mol. The molecule has 2 nitrogen and oxygen atoms in total. The van der Waals surface area contributed by atoms with Crippen LogP contribution in [-0.4, -0.2) is 20.8 Å². The molecule has 0 aliphatic heterocycles. The van der Waals surface area contributed by atoms with Gasteiger partial charge in [-0.05, 0) is 58.7 Å². The highest BCUT2D eigenvalue weighted by Gasteiger charge is 2.55. The van der Waals surface area contributed by atoms with Crippen LogP contribution in [0.3, 0.4) is 0 Å². The van der Waals surface area contributed by atoms with Crippen LogP contribution in [0.4, 0.5) is 26.3 Å². The van der Waals surface area contributed by atoms with Crippen molar-refractivity contribution in [2.24, 2.45) is 0 Å². The summed E-state index contributed by atoms with van der Waals surface area (Å²) in [5.74, 6) is -8.97. The quantitative estimate of drug-likeness (QED) is 0.120. The summed E-state index contributed by atoms with van der Waals surface area (Å²) in [7, 11) is -2.58. The molecule has 10 heteroatoms. The van der Waals surface area contributed by atoms with Crippen molar-refractivity contribution >= 4 is 24.2 Å². The summed E-state index contributed by atoms with van der Waals surface area (Å²) in [5.41, 5.74) is -2.04. The first-order chi connectivity index (χ1) is 15.4. The average molecular weight is 557 g/mol. The van der Waals surface area contributed by atoms with Gasteiger partial charge in [-0.1, -0.05) is 32.9 Å². The molecule has 0 saturated heterocycles. The van der Waals surface area contributed by atoms with Gasteiger partial charge >= 0.3 is 0 Å². The third-order valence-corrected chi connectivity index (χ3v) is 11.6. The van der Waals surface area contributed by atoms with Crippen molar-refractivity contribution < 1.29 is 35.5 Å². The molecule has 0 radical (unpaired) electrons. The fourth-order valence-electron chi connectivity index (χ4n) is 3.71. The Balaban J connectivity index is 2.38. The molecule has 33 heavy (non-hydrogen) atoms. The van der Waals surface area contributed by atoms with Gasteiger partial charge in [0.15, 0.2) is 25.7 Å². The lowest BCUT2D eigenvalue weighted by molar-refractivity contribution is -0.175. The first-order valence-corrected chi connectivity index (χ1v) is 14.0. The Labute approximate surface area is 199 Å². The number of ether oxygens (including phenoxy) is 1. The Morgan fingerprint density at radius 3 is 1.97 bits per heavy atom. The van der Waals surface area contributed by atoms with E-state index in [2.05, 4.69) is 15.9 Å². The number of alkyl halides is 2. The van der Waals surface area contributed by atoms with E-state index in [9.17, 15) is 17.6 Å². The van der Waals surface area contributed by atoms with E-state index in [1.165, 1.54) is 19.1 Å². The average Bonchev–Trinajstić information content (AvgIpc) is 2.78. The van der Waals surface area contributed by atoms with Gasteiger partial charge < -0.3 is 9.16 Å². The van der Waals surface area contributed by atoms with E-state index in [0.29, 0.717) is 24.2 Å². The maximum absolute atomic E-state index is 15.7. The molecule has 2 rings (SSSR count). The van der Waals surface area contributed by atoms with Crippen molar-refractivity contribution in [1.29, 1.82) is 0 Å². The zero-order valence-corrected chi connectivity index (χ0v) is 21.5. The Kier molecular flexibility index (Phi) is 9.09. The highest BCUT2D eigenvalue weighted by Crippen LogP contribution is 2.47. The van der Waals surface area contributed by atoms with E-state index >= 15 is 8.78 Å². The summed E-state index contributed by atoms with van der Waals surface area (Å²) in [6.07, 6.45) is -0.948. The standard InChI is InChI=1S/C23H27BrF6O2Si/c1-5-33(6-2,7-3)32-22(4,15-8-10-16(25)11-9-15)23(29,30)12-13-31-21-18(27)14-17(26)19(24)20(21)28/h8-11,14H,5-7,12-13H2,1-4H3. The van der Waals surface area contributed by atoms with Crippen LogP contribution in [0.5, 0.6) is 5.75 Å². The number of rotatable bonds is 11. The lowest BCUT2D eigenvalue weighted by Gasteiger charge is -2.45. The van der Waals surface area contributed by atoms with Gasteiger partial charge in [0.25, 0.3) is 5.92 Å². The molecule has 1 atom stereocenters. The maximum atomic E-state index is 15.7. The van der Waals surface area contributed by atoms with Gasteiger partial charge in [0, 0.05) is 12.5 Å². The molecule has 184 valence electrons. The minimum atomic E-state index is -3.55. The van der Waals surface area contributed by atoms with Crippen LogP contribution in [0, 0.1) is 23.3 Å². The van der Waals surface area contributed by atoms with Gasteiger partial charge in [0.1, 0.15) is 17.2 Å². The van der Waals surface area contributed by atoms with Gasteiger partial charge in [-0.15, -0.1) is 0 Å². The fraction of sp³-hybridized carbons (Fsp3) is 0.478. The van der Waals surface area contributed by atoms with Crippen molar-refractivity contribution in [3.63, 3.8) is 0 Å². The van der Waals surface area contributed by atoms with Crippen molar-refractivity contribution in [3.05, 3.63) is 63.6 Å². The second-order valence-electron chi connectivity index (χ2n) is 7.99. The second kappa shape index (κ2) is 10.8. The summed E-state index contributed by atoms with van der Waals surface area (Å²) in [4.78, 5) is 0. The number of hydrogen-bond donors (Lipinski definition) is 0. The van der Waals surface area contributed by atoms with Crippen LogP contribution < -0.4 is 4.74 Å². The van der Waals surface area contributed by atoms with Crippen LogP contribution in [0.1, 0.15) is 39.7 Å². The molecule has 0 heterocycles. The normalized spacial score (nSPS) is 14.3. The Morgan fingerprint density at radius 2 is 1.45 bits per heavy atom. The minimum absolute atomic E-state index is 0.0861. The number of halogens is 7. The van der Waals surface area contributed by atoms with Gasteiger partial charge in [0.05, 0.1) is 11.1 Å². The molecule has 0 N–H and O–H groups in total. The molecule has 0 fully saturated rings. The van der Waals surface area contributed by atoms with Crippen LogP contribution in [0.15, 0.2) is 34.8 Å². The van der Waals surface area contributed by atoms with Crippen molar-refractivity contribution in [2.45, 2.75) is 63.8 Å². The van der Waals surface area contributed by atoms with Crippen molar-refractivity contribution in [2.75, 3.05) is 6.61 Å². The van der Waals surface area contributed by atoms with Crippen LogP contribution in [0.2, 0.25) is 18.1 Å². The maximum Gasteiger partial charge on any atom is 0.282 e. The number of benzene rings is 2. The SMILES string of the molecule is CC[Si](CC)(CC)OC(C)(c1ccc(F)cc1)C(F)(F)CCOc1c(F)cc(F)c(Br)c1F.